The van der Waals surface area contributed by atoms with Gasteiger partial charge in [0.1, 0.15) is 33.8 Å². The van der Waals surface area contributed by atoms with Gasteiger partial charge in [-0.3, -0.25) is 0 Å². The molecule has 0 spiro atoms. The molecule has 1 aliphatic rings. The molecular weight excluding hydrogens is 857 g/mol. The maximum absolute atomic E-state index is 7.05. The lowest BCUT2D eigenvalue weighted by molar-refractivity contribution is 0.448. The van der Waals surface area contributed by atoms with E-state index in [0.717, 1.165) is 131 Å². The van der Waals surface area contributed by atoms with Gasteiger partial charge in [-0.25, -0.2) is 9.97 Å². The van der Waals surface area contributed by atoms with E-state index < -0.39 is 0 Å². The summed E-state index contributed by atoms with van der Waals surface area (Å²) >= 11 is 0. The molecule has 15 rings (SSSR count). The minimum Gasteiger partial charge on any atom is -0.457 e. The number of furan rings is 2. The van der Waals surface area contributed by atoms with Crippen LogP contribution in [0.3, 0.4) is 0 Å². The van der Waals surface area contributed by atoms with Gasteiger partial charge in [0.25, 0.3) is 0 Å². The Bertz CT molecular complexity index is 4420. The quantitative estimate of drug-likeness (QED) is 0.177. The number of rotatable bonds is 3. The molecule has 0 unspecified atom stereocenters. The van der Waals surface area contributed by atoms with Crippen molar-refractivity contribution in [3.63, 3.8) is 0 Å². The fourth-order valence-electron chi connectivity index (χ4n) is 11.2. The summed E-state index contributed by atoms with van der Waals surface area (Å²) in [5.41, 5.74) is 10.1. The molecule has 1 aliphatic heterocycles. The first-order chi connectivity index (χ1) is 34.6. The normalized spacial score (nSPS) is 13.8. The highest BCUT2D eigenvalue weighted by atomic mass is 16.5. The molecule has 0 bridgehead atoms. The second kappa shape index (κ2) is 14.8. The number of benzene rings is 11. The lowest BCUT2D eigenvalue weighted by Gasteiger charge is -2.17. The van der Waals surface area contributed by atoms with Gasteiger partial charge in [-0.1, -0.05) is 170 Å². The van der Waals surface area contributed by atoms with Crippen molar-refractivity contribution in [3.05, 3.63) is 235 Å². The second-order valence-corrected chi connectivity index (χ2v) is 18.4. The third-order valence-corrected chi connectivity index (χ3v) is 14.5. The minimum atomic E-state index is 0.474. The van der Waals surface area contributed by atoms with Gasteiger partial charge < -0.3 is 13.6 Å². The van der Waals surface area contributed by atoms with Crippen LogP contribution in [0.2, 0.25) is 0 Å². The zero-order valence-corrected chi connectivity index (χ0v) is 37.7. The average molecular weight is 895 g/mol. The fourth-order valence-corrected chi connectivity index (χ4v) is 11.2. The molecule has 3 aromatic heterocycles. The van der Waals surface area contributed by atoms with Crippen LogP contribution < -0.4 is 4.74 Å². The number of ether oxygens (including phenoxy) is 1. The second-order valence-electron chi connectivity index (χ2n) is 18.4. The fraction of sp³-hybridized carbons (Fsp3) is 0.0154. The van der Waals surface area contributed by atoms with E-state index in [1.54, 1.807) is 0 Å². The van der Waals surface area contributed by atoms with Crippen LogP contribution in [0.5, 0.6) is 5.75 Å². The molecule has 0 saturated heterocycles. The maximum Gasteiger partial charge on any atom is 0.164 e. The van der Waals surface area contributed by atoms with E-state index in [2.05, 4.69) is 213 Å². The predicted octanol–water partition coefficient (Wildman–Crippen LogP) is 17.4. The Labute approximate surface area is 400 Å². The van der Waals surface area contributed by atoms with Crippen LogP contribution in [0.15, 0.2) is 221 Å². The lowest BCUT2D eigenvalue weighted by atomic mass is 9.94. The van der Waals surface area contributed by atoms with Gasteiger partial charge in [0.15, 0.2) is 5.82 Å². The number of allylic oxidation sites excluding steroid dienone is 1. The largest absolute Gasteiger partial charge is 0.457 e. The molecule has 4 heterocycles. The number of hydrogen-bond acceptors (Lipinski definition) is 5. The Morgan fingerprint density at radius 3 is 1.54 bits per heavy atom. The summed E-state index contributed by atoms with van der Waals surface area (Å²) < 4.78 is 21.1. The van der Waals surface area contributed by atoms with E-state index in [9.17, 15) is 0 Å². The van der Waals surface area contributed by atoms with E-state index in [0.29, 0.717) is 29.4 Å². The first-order valence-electron chi connectivity index (χ1n) is 23.7. The van der Waals surface area contributed by atoms with Crippen LogP contribution in [0.25, 0.3) is 132 Å². The number of hydrogen-bond donors (Lipinski definition) is 0. The van der Waals surface area contributed by atoms with Crippen molar-refractivity contribution in [1.82, 2.24) is 9.97 Å². The summed E-state index contributed by atoms with van der Waals surface area (Å²) in [6.45, 7) is 4.68. The van der Waals surface area contributed by atoms with E-state index in [4.69, 9.17) is 23.5 Å². The molecule has 5 heteroatoms. The Hall–Kier alpha value is -9.32. The summed E-state index contributed by atoms with van der Waals surface area (Å²) in [5, 5.41) is 15.4. The van der Waals surface area contributed by atoms with Crippen LogP contribution in [0.1, 0.15) is 22.4 Å². The van der Waals surface area contributed by atoms with E-state index >= 15 is 0 Å². The van der Waals surface area contributed by atoms with Crippen molar-refractivity contribution in [3.8, 4) is 28.4 Å². The molecule has 0 radical (unpaired) electrons. The molecule has 14 aromatic rings. The number of fused-ring (bicyclic) bond motifs is 18. The molecule has 0 N–H and O–H groups in total. The van der Waals surface area contributed by atoms with Gasteiger partial charge in [0.05, 0.1) is 17.0 Å². The minimum absolute atomic E-state index is 0.474. The summed E-state index contributed by atoms with van der Waals surface area (Å²) in [6, 6.07) is 70.3. The average Bonchev–Trinajstić information content (AvgIpc) is 4.02. The Morgan fingerprint density at radius 2 is 0.900 bits per heavy atom. The van der Waals surface area contributed by atoms with Crippen molar-refractivity contribution in [1.29, 1.82) is 0 Å². The van der Waals surface area contributed by atoms with Gasteiger partial charge >= 0.3 is 0 Å². The molecule has 0 aliphatic carbocycles. The molecule has 11 aromatic carbocycles. The molecule has 0 amide bonds. The zero-order valence-electron chi connectivity index (χ0n) is 37.7. The predicted molar refractivity (Wildman–Crippen MR) is 288 cm³/mol. The molecule has 0 saturated carbocycles. The number of aromatic nitrogens is 2. The standard InChI is InChI=1S/C65H38N2O3/c1-37-50(32-41-17-2-3-18-42(41)33-51-45-21-9-4-14-38(45)26-29-56(51)68-37)54-36-55(52-34-43-19-7-12-24-48(43)61-59-46-22-10-5-15-39(46)27-30-57(59)69-63(52)61)67-65(66-54)53-35-44-20-8-13-25-49(44)62-60-47-23-11-6-16-40(47)28-31-58(60)70-64(53)62/h2-32,34-36H,1,33H2/b50-32+. The van der Waals surface area contributed by atoms with Crippen LogP contribution in [0.4, 0.5) is 0 Å². The van der Waals surface area contributed by atoms with Crippen molar-refractivity contribution < 1.29 is 13.6 Å². The summed E-state index contributed by atoms with van der Waals surface area (Å²) in [4.78, 5) is 11.2. The Morgan fingerprint density at radius 1 is 0.414 bits per heavy atom. The molecule has 326 valence electrons. The van der Waals surface area contributed by atoms with Gasteiger partial charge in [-0.05, 0) is 107 Å². The van der Waals surface area contributed by atoms with Crippen molar-refractivity contribution >= 4 is 109 Å². The van der Waals surface area contributed by atoms with E-state index in [1.807, 2.05) is 0 Å². The molecule has 70 heavy (non-hydrogen) atoms. The topological polar surface area (TPSA) is 61.3 Å². The van der Waals surface area contributed by atoms with Crippen molar-refractivity contribution in [2.45, 2.75) is 6.42 Å². The third-order valence-electron chi connectivity index (χ3n) is 14.5. The monoisotopic (exact) mass is 894 g/mol. The zero-order chi connectivity index (χ0) is 46.0. The van der Waals surface area contributed by atoms with Crippen LogP contribution in [-0.4, -0.2) is 9.97 Å². The summed E-state index contributed by atoms with van der Waals surface area (Å²) in [5.74, 6) is 1.74. The molecule has 0 fully saturated rings. The van der Waals surface area contributed by atoms with Gasteiger partial charge in [-0.2, -0.15) is 0 Å². The summed E-state index contributed by atoms with van der Waals surface area (Å²) in [7, 11) is 0. The van der Waals surface area contributed by atoms with Gasteiger partial charge in [0, 0.05) is 44.7 Å². The lowest BCUT2D eigenvalue weighted by Crippen LogP contribution is -2.04. The number of nitrogens with zero attached hydrogens (tertiary/aromatic N) is 2. The van der Waals surface area contributed by atoms with Crippen LogP contribution in [0, 0.1) is 0 Å². The Kier molecular flexibility index (Phi) is 8.21. The van der Waals surface area contributed by atoms with Crippen molar-refractivity contribution in [2.24, 2.45) is 0 Å². The van der Waals surface area contributed by atoms with Crippen molar-refractivity contribution in [2.75, 3.05) is 0 Å². The smallest absolute Gasteiger partial charge is 0.164 e. The van der Waals surface area contributed by atoms with E-state index in [-0.39, 0.29) is 0 Å². The highest BCUT2D eigenvalue weighted by molar-refractivity contribution is 6.30. The highest BCUT2D eigenvalue weighted by Gasteiger charge is 2.26. The molecule has 0 atom stereocenters. The maximum atomic E-state index is 7.05. The highest BCUT2D eigenvalue weighted by Crippen LogP contribution is 2.47. The van der Waals surface area contributed by atoms with Gasteiger partial charge in [-0.15, -0.1) is 0 Å². The summed E-state index contributed by atoms with van der Waals surface area (Å²) in [6.07, 6.45) is 2.85. The Balaban J connectivity index is 1.05. The first kappa shape index (κ1) is 38.8. The van der Waals surface area contributed by atoms with Gasteiger partial charge in [0.2, 0.25) is 0 Å². The molecule has 5 nitrogen and oxygen atoms in total. The first-order valence-corrected chi connectivity index (χ1v) is 23.7. The SMILES string of the molecule is C=C1Oc2ccc3ccccc3c2Cc2ccccc2/C=C\1c1cc(-c2cc3ccccc3c3c2oc2ccc4ccccc4c23)nc(-c2cc3ccccc3c3c2oc2ccc4ccccc4c23)n1. The van der Waals surface area contributed by atoms with Crippen LogP contribution >= 0.6 is 0 Å². The molecular formula is C65H38N2O3. The van der Waals surface area contributed by atoms with Crippen LogP contribution in [-0.2, 0) is 6.42 Å². The van der Waals surface area contributed by atoms with E-state index in [1.165, 1.54) is 5.56 Å². The third kappa shape index (κ3) is 5.79.